The number of H-pyrrole nitrogens is 1. The Morgan fingerprint density at radius 3 is 2.76 bits per heavy atom. The molecule has 0 bridgehead atoms. The molecule has 0 saturated heterocycles. The highest BCUT2D eigenvalue weighted by atomic mass is 16.3. The molecule has 112 valence electrons. The van der Waals surface area contributed by atoms with Crippen molar-refractivity contribution in [2.45, 2.75) is 18.6 Å². The Bertz CT molecular complexity index is 652. The van der Waals surface area contributed by atoms with Crippen molar-refractivity contribution < 1.29 is 14.7 Å². The molecule has 2 amide bonds. The molecule has 2 atom stereocenters. The van der Waals surface area contributed by atoms with Gasteiger partial charge in [-0.1, -0.05) is 18.2 Å². The van der Waals surface area contributed by atoms with E-state index >= 15 is 0 Å². The van der Waals surface area contributed by atoms with Gasteiger partial charge in [-0.15, -0.1) is 0 Å². The number of aromatic amines is 1. The van der Waals surface area contributed by atoms with Crippen LogP contribution in [0.4, 0.5) is 0 Å². The van der Waals surface area contributed by atoms with Crippen LogP contribution in [0, 0.1) is 0 Å². The number of rotatable bonds is 6. The minimum absolute atomic E-state index is 0.240. The molecule has 0 saturated carbocycles. The largest absolute Gasteiger partial charge is 0.381 e. The standard InChI is InChI=1S/C14H18N4O3/c15-10(14(21)18-7-12(19)13(16)20)5-8-6-17-11-4-2-1-3-9(8)11/h1-4,6,10,12,17,19H,5,7,15H2,(H2,16,20)(H,18,21)/t10-,12?/m1/s1. The number of primary amides is 1. The van der Waals surface area contributed by atoms with Gasteiger partial charge in [0.1, 0.15) is 6.10 Å². The number of carbonyl (C=O) groups excluding carboxylic acids is 2. The Balaban J connectivity index is 1.96. The lowest BCUT2D eigenvalue weighted by molar-refractivity contribution is -0.127. The summed E-state index contributed by atoms with van der Waals surface area (Å²) < 4.78 is 0. The molecule has 0 radical (unpaired) electrons. The van der Waals surface area contributed by atoms with E-state index in [1.165, 1.54) is 0 Å². The second-order valence-electron chi connectivity index (χ2n) is 4.83. The summed E-state index contributed by atoms with van der Waals surface area (Å²) in [5, 5.41) is 12.6. The highest BCUT2D eigenvalue weighted by Crippen LogP contribution is 2.18. The van der Waals surface area contributed by atoms with Gasteiger partial charge in [-0.25, -0.2) is 0 Å². The smallest absolute Gasteiger partial charge is 0.248 e. The molecule has 0 fully saturated rings. The van der Waals surface area contributed by atoms with E-state index < -0.39 is 24.0 Å². The number of para-hydroxylation sites is 1. The Hall–Kier alpha value is -2.38. The number of hydrogen-bond acceptors (Lipinski definition) is 4. The summed E-state index contributed by atoms with van der Waals surface area (Å²) in [5.41, 5.74) is 12.6. The highest BCUT2D eigenvalue weighted by molar-refractivity contribution is 5.86. The summed E-state index contributed by atoms with van der Waals surface area (Å²) in [7, 11) is 0. The maximum Gasteiger partial charge on any atom is 0.248 e. The summed E-state index contributed by atoms with van der Waals surface area (Å²) >= 11 is 0. The lowest BCUT2D eigenvalue weighted by atomic mass is 10.1. The van der Waals surface area contributed by atoms with E-state index in [1.54, 1.807) is 0 Å². The van der Waals surface area contributed by atoms with Gasteiger partial charge in [0.25, 0.3) is 0 Å². The van der Waals surface area contributed by atoms with Crippen molar-refractivity contribution in [1.82, 2.24) is 10.3 Å². The number of hydrogen-bond donors (Lipinski definition) is 5. The molecule has 0 aliphatic heterocycles. The van der Waals surface area contributed by atoms with Crippen molar-refractivity contribution in [1.29, 1.82) is 0 Å². The first-order valence-electron chi connectivity index (χ1n) is 6.54. The Labute approximate surface area is 121 Å². The Kier molecular flexibility index (Phi) is 4.56. The predicted molar refractivity (Wildman–Crippen MR) is 78.2 cm³/mol. The molecule has 0 spiro atoms. The first kappa shape index (κ1) is 15.0. The maximum absolute atomic E-state index is 11.8. The molecular formula is C14H18N4O3. The number of aliphatic hydroxyl groups is 1. The van der Waals surface area contributed by atoms with E-state index in [2.05, 4.69) is 10.3 Å². The number of benzene rings is 1. The zero-order valence-electron chi connectivity index (χ0n) is 11.4. The van der Waals surface area contributed by atoms with Crippen LogP contribution in [0.15, 0.2) is 30.5 Å². The van der Waals surface area contributed by atoms with Crippen molar-refractivity contribution in [3.63, 3.8) is 0 Å². The molecule has 7 nitrogen and oxygen atoms in total. The third-order valence-corrected chi connectivity index (χ3v) is 3.25. The van der Waals surface area contributed by atoms with Crippen LogP contribution in [-0.4, -0.2) is 40.6 Å². The van der Waals surface area contributed by atoms with Crippen LogP contribution in [0.1, 0.15) is 5.56 Å². The van der Waals surface area contributed by atoms with Crippen molar-refractivity contribution >= 4 is 22.7 Å². The first-order chi connectivity index (χ1) is 9.99. The van der Waals surface area contributed by atoms with Gasteiger partial charge >= 0.3 is 0 Å². The lowest BCUT2D eigenvalue weighted by Crippen LogP contribution is -2.47. The zero-order valence-corrected chi connectivity index (χ0v) is 11.4. The number of aromatic nitrogens is 1. The molecule has 1 heterocycles. The van der Waals surface area contributed by atoms with E-state index in [0.717, 1.165) is 16.5 Å². The third-order valence-electron chi connectivity index (χ3n) is 3.25. The van der Waals surface area contributed by atoms with Crippen LogP contribution in [0.25, 0.3) is 10.9 Å². The molecule has 1 unspecified atom stereocenters. The fourth-order valence-corrected chi connectivity index (χ4v) is 2.06. The molecule has 7 heteroatoms. The van der Waals surface area contributed by atoms with E-state index in [1.807, 2.05) is 30.5 Å². The normalized spacial score (nSPS) is 13.8. The molecule has 1 aromatic heterocycles. The highest BCUT2D eigenvalue weighted by Gasteiger charge is 2.18. The van der Waals surface area contributed by atoms with Gasteiger partial charge in [0.05, 0.1) is 12.6 Å². The Morgan fingerprint density at radius 1 is 1.33 bits per heavy atom. The molecule has 2 rings (SSSR count). The second kappa shape index (κ2) is 6.38. The SMILES string of the molecule is NC(=O)C(O)CNC(=O)[C@H](N)Cc1c[nH]c2ccccc12. The van der Waals surface area contributed by atoms with E-state index in [9.17, 15) is 14.7 Å². The third kappa shape index (κ3) is 3.59. The zero-order chi connectivity index (χ0) is 15.4. The van der Waals surface area contributed by atoms with Gasteiger partial charge < -0.3 is 26.9 Å². The number of amides is 2. The van der Waals surface area contributed by atoms with Crippen LogP contribution < -0.4 is 16.8 Å². The molecular weight excluding hydrogens is 272 g/mol. The number of aliphatic hydroxyl groups excluding tert-OH is 1. The van der Waals surface area contributed by atoms with Crippen LogP contribution in [0.5, 0.6) is 0 Å². The quantitative estimate of drug-likeness (QED) is 0.466. The van der Waals surface area contributed by atoms with Crippen molar-refractivity contribution in [3.05, 3.63) is 36.0 Å². The van der Waals surface area contributed by atoms with E-state index in [4.69, 9.17) is 11.5 Å². The van der Waals surface area contributed by atoms with Crippen LogP contribution in [0.3, 0.4) is 0 Å². The average Bonchev–Trinajstić information content (AvgIpc) is 2.87. The molecule has 0 aliphatic rings. The van der Waals surface area contributed by atoms with Gasteiger partial charge in [0.15, 0.2) is 0 Å². The number of nitrogens with one attached hydrogen (secondary N) is 2. The fourth-order valence-electron chi connectivity index (χ4n) is 2.06. The molecule has 0 aliphatic carbocycles. The van der Waals surface area contributed by atoms with Crippen molar-refractivity contribution in [2.24, 2.45) is 11.5 Å². The van der Waals surface area contributed by atoms with Gasteiger partial charge in [-0.05, 0) is 18.1 Å². The number of fused-ring (bicyclic) bond motifs is 1. The molecule has 2 aromatic rings. The predicted octanol–water partition coefficient (Wildman–Crippen LogP) is -1.000. The van der Waals surface area contributed by atoms with Crippen LogP contribution >= 0.6 is 0 Å². The van der Waals surface area contributed by atoms with E-state index in [-0.39, 0.29) is 6.54 Å². The average molecular weight is 290 g/mol. The number of carbonyl (C=O) groups is 2. The minimum Gasteiger partial charge on any atom is -0.381 e. The first-order valence-corrected chi connectivity index (χ1v) is 6.54. The molecule has 21 heavy (non-hydrogen) atoms. The summed E-state index contributed by atoms with van der Waals surface area (Å²) in [5.74, 6) is -1.33. The summed E-state index contributed by atoms with van der Waals surface area (Å²) in [6.07, 6.45) is 0.757. The number of nitrogens with two attached hydrogens (primary N) is 2. The maximum atomic E-state index is 11.8. The van der Waals surface area contributed by atoms with Gasteiger partial charge in [-0.2, -0.15) is 0 Å². The van der Waals surface area contributed by atoms with Crippen LogP contribution in [-0.2, 0) is 16.0 Å². The fraction of sp³-hybridized carbons (Fsp3) is 0.286. The molecule has 7 N–H and O–H groups in total. The summed E-state index contributed by atoms with van der Waals surface area (Å²) in [4.78, 5) is 25.6. The van der Waals surface area contributed by atoms with Crippen molar-refractivity contribution in [2.75, 3.05) is 6.54 Å². The molecule has 1 aromatic carbocycles. The second-order valence-corrected chi connectivity index (χ2v) is 4.83. The van der Waals surface area contributed by atoms with Gasteiger partial charge in [0, 0.05) is 17.1 Å². The van der Waals surface area contributed by atoms with Crippen LogP contribution in [0.2, 0.25) is 0 Å². The lowest BCUT2D eigenvalue weighted by Gasteiger charge is -2.13. The van der Waals surface area contributed by atoms with Gasteiger partial charge in [0.2, 0.25) is 11.8 Å². The monoisotopic (exact) mass is 290 g/mol. The summed E-state index contributed by atoms with van der Waals surface area (Å²) in [6.45, 7) is -0.240. The minimum atomic E-state index is -1.41. The topological polar surface area (TPSA) is 134 Å². The van der Waals surface area contributed by atoms with Gasteiger partial charge in [-0.3, -0.25) is 9.59 Å². The Morgan fingerprint density at radius 2 is 2.05 bits per heavy atom. The van der Waals surface area contributed by atoms with E-state index in [0.29, 0.717) is 6.42 Å². The van der Waals surface area contributed by atoms with Crippen molar-refractivity contribution in [3.8, 4) is 0 Å². The summed E-state index contributed by atoms with van der Waals surface area (Å²) in [6, 6.07) is 6.94.